The van der Waals surface area contributed by atoms with Crippen LogP contribution in [0.3, 0.4) is 0 Å². The van der Waals surface area contributed by atoms with Crippen molar-refractivity contribution in [3.05, 3.63) is 29.3 Å². The van der Waals surface area contributed by atoms with E-state index < -0.39 is 5.95 Å². The van der Waals surface area contributed by atoms with Crippen LogP contribution in [0.2, 0.25) is 0 Å². The molecule has 0 aliphatic rings. The number of hydrogen-bond donors (Lipinski definition) is 1. The van der Waals surface area contributed by atoms with Gasteiger partial charge in [-0.1, -0.05) is 13.8 Å². The Hall–Kier alpha value is -1.91. The Bertz CT molecular complexity index is 631. The summed E-state index contributed by atoms with van der Waals surface area (Å²) in [4.78, 5) is 4.01. The standard InChI is InChI=1S/C16H23FN4/c1-6-18-13-9-8-12(16(17)19-13)15-14(10(3)4)11(5)20-21(15)7-2/h8-10H,6-7H2,1-5H3,(H,18,19). The molecule has 0 amide bonds. The predicted octanol–water partition coefficient (Wildman–Crippen LogP) is 3.97. The van der Waals surface area contributed by atoms with E-state index in [9.17, 15) is 4.39 Å². The number of hydrogen-bond acceptors (Lipinski definition) is 3. The van der Waals surface area contributed by atoms with Crippen molar-refractivity contribution in [2.24, 2.45) is 0 Å². The molecular formula is C16H23FN4. The number of aryl methyl sites for hydroxylation is 2. The van der Waals surface area contributed by atoms with Gasteiger partial charge in [-0.25, -0.2) is 4.98 Å². The van der Waals surface area contributed by atoms with Crippen molar-refractivity contribution >= 4 is 5.82 Å². The molecule has 114 valence electrons. The molecule has 0 unspecified atom stereocenters. The monoisotopic (exact) mass is 290 g/mol. The summed E-state index contributed by atoms with van der Waals surface area (Å²) in [5, 5.41) is 7.56. The number of pyridine rings is 1. The maximum Gasteiger partial charge on any atom is 0.224 e. The number of anilines is 1. The van der Waals surface area contributed by atoms with Crippen LogP contribution in [0, 0.1) is 12.9 Å². The first kappa shape index (κ1) is 15.5. The van der Waals surface area contributed by atoms with Gasteiger partial charge in [-0.2, -0.15) is 9.49 Å². The summed E-state index contributed by atoms with van der Waals surface area (Å²) in [7, 11) is 0. The van der Waals surface area contributed by atoms with Crippen molar-refractivity contribution in [2.75, 3.05) is 11.9 Å². The lowest BCUT2D eigenvalue weighted by Gasteiger charge is -2.12. The van der Waals surface area contributed by atoms with Crippen molar-refractivity contribution in [3.63, 3.8) is 0 Å². The van der Waals surface area contributed by atoms with E-state index in [0.29, 0.717) is 17.9 Å². The molecule has 0 bridgehead atoms. The summed E-state index contributed by atoms with van der Waals surface area (Å²) in [5.74, 6) is 0.391. The summed E-state index contributed by atoms with van der Waals surface area (Å²) in [5.41, 5.74) is 3.41. The summed E-state index contributed by atoms with van der Waals surface area (Å²) in [6.07, 6.45) is 0. The van der Waals surface area contributed by atoms with Gasteiger partial charge in [0.2, 0.25) is 5.95 Å². The molecule has 2 heterocycles. The van der Waals surface area contributed by atoms with Crippen molar-refractivity contribution in [2.45, 2.75) is 47.1 Å². The maximum atomic E-state index is 14.4. The van der Waals surface area contributed by atoms with E-state index in [4.69, 9.17) is 0 Å². The summed E-state index contributed by atoms with van der Waals surface area (Å²) in [6, 6.07) is 3.60. The second-order valence-electron chi connectivity index (χ2n) is 5.38. The number of rotatable bonds is 5. The van der Waals surface area contributed by atoms with E-state index >= 15 is 0 Å². The van der Waals surface area contributed by atoms with E-state index in [1.54, 1.807) is 6.07 Å². The maximum absolute atomic E-state index is 14.4. The minimum absolute atomic E-state index is 0.285. The Balaban J connectivity index is 2.60. The largest absolute Gasteiger partial charge is 0.370 e. The van der Waals surface area contributed by atoms with E-state index in [-0.39, 0.29) is 5.92 Å². The smallest absolute Gasteiger partial charge is 0.224 e. The van der Waals surface area contributed by atoms with Gasteiger partial charge >= 0.3 is 0 Å². The molecular weight excluding hydrogens is 267 g/mol. The van der Waals surface area contributed by atoms with Crippen LogP contribution in [0.4, 0.5) is 10.2 Å². The lowest BCUT2D eigenvalue weighted by atomic mass is 9.97. The first-order valence-electron chi connectivity index (χ1n) is 7.47. The Morgan fingerprint density at radius 3 is 2.52 bits per heavy atom. The number of aromatic nitrogens is 3. The van der Waals surface area contributed by atoms with Crippen LogP contribution in [0.15, 0.2) is 12.1 Å². The van der Waals surface area contributed by atoms with Crippen LogP contribution < -0.4 is 5.32 Å². The highest BCUT2D eigenvalue weighted by molar-refractivity contribution is 5.66. The molecule has 0 radical (unpaired) electrons. The van der Waals surface area contributed by atoms with E-state index in [1.165, 1.54) is 0 Å². The Kier molecular flexibility index (Phi) is 4.60. The Morgan fingerprint density at radius 2 is 2.00 bits per heavy atom. The van der Waals surface area contributed by atoms with Gasteiger partial charge in [-0.3, -0.25) is 4.68 Å². The van der Waals surface area contributed by atoms with Crippen molar-refractivity contribution in [1.82, 2.24) is 14.8 Å². The van der Waals surface area contributed by atoms with Gasteiger partial charge in [-0.15, -0.1) is 0 Å². The first-order valence-corrected chi connectivity index (χ1v) is 7.47. The molecule has 2 aromatic heterocycles. The first-order chi connectivity index (χ1) is 9.99. The SMILES string of the molecule is CCNc1ccc(-c2c(C(C)C)c(C)nn2CC)c(F)n1. The molecule has 0 atom stereocenters. The van der Waals surface area contributed by atoms with Crippen LogP contribution in [-0.2, 0) is 6.54 Å². The van der Waals surface area contributed by atoms with E-state index in [2.05, 4.69) is 29.2 Å². The van der Waals surface area contributed by atoms with Crippen molar-refractivity contribution in [1.29, 1.82) is 0 Å². The Morgan fingerprint density at radius 1 is 1.29 bits per heavy atom. The average molecular weight is 290 g/mol. The zero-order valence-corrected chi connectivity index (χ0v) is 13.4. The third kappa shape index (κ3) is 2.91. The molecule has 0 aliphatic carbocycles. The lowest BCUT2D eigenvalue weighted by molar-refractivity contribution is 0.583. The normalized spacial score (nSPS) is 11.2. The molecule has 4 nitrogen and oxygen atoms in total. The van der Waals surface area contributed by atoms with Crippen LogP contribution in [-0.4, -0.2) is 21.3 Å². The number of nitrogens with zero attached hydrogens (tertiary/aromatic N) is 3. The molecule has 0 saturated heterocycles. The molecule has 5 heteroatoms. The van der Waals surface area contributed by atoms with Gasteiger partial charge in [0.1, 0.15) is 5.82 Å². The molecule has 2 aromatic rings. The summed E-state index contributed by atoms with van der Waals surface area (Å²) >= 11 is 0. The zero-order valence-electron chi connectivity index (χ0n) is 13.4. The van der Waals surface area contributed by atoms with Gasteiger partial charge in [0.15, 0.2) is 0 Å². The lowest BCUT2D eigenvalue weighted by Crippen LogP contribution is -2.05. The molecule has 2 rings (SSSR count). The summed E-state index contributed by atoms with van der Waals surface area (Å²) < 4.78 is 16.3. The zero-order chi connectivity index (χ0) is 15.6. The van der Waals surface area contributed by atoms with Crippen LogP contribution >= 0.6 is 0 Å². The quantitative estimate of drug-likeness (QED) is 0.847. The topological polar surface area (TPSA) is 42.7 Å². The fraction of sp³-hybridized carbons (Fsp3) is 0.500. The fourth-order valence-corrected chi connectivity index (χ4v) is 2.69. The van der Waals surface area contributed by atoms with Gasteiger partial charge in [0, 0.05) is 18.7 Å². The molecule has 0 aliphatic heterocycles. The molecule has 0 aromatic carbocycles. The Labute approximate surface area is 125 Å². The fourth-order valence-electron chi connectivity index (χ4n) is 2.69. The van der Waals surface area contributed by atoms with Gasteiger partial charge in [0.05, 0.1) is 17.0 Å². The van der Waals surface area contributed by atoms with Crippen molar-refractivity contribution < 1.29 is 4.39 Å². The molecule has 21 heavy (non-hydrogen) atoms. The molecule has 1 N–H and O–H groups in total. The van der Waals surface area contributed by atoms with Crippen LogP contribution in [0.5, 0.6) is 0 Å². The highest BCUT2D eigenvalue weighted by atomic mass is 19.1. The molecule has 0 fully saturated rings. The minimum Gasteiger partial charge on any atom is -0.370 e. The van der Waals surface area contributed by atoms with E-state index in [0.717, 1.165) is 23.5 Å². The van der Waals surface area contributed by atoms with Crippen molar-refractivity contribution in [3.8, 4) is 11.3 Å². The van der Waals surface area contributed by atoms with Gasteiger partial charge < -0.3 is 5.32 Å². The van der Waals surface area contributed by atoms with Crippen LogP contribution in [0.1, 0.15) is 44.9 Å². The summed E-state index contributed by atoms with van der Waals surface area (Å²) in [6.45, 7) is 11.6. The van der Waals surface area contributed by atoms with Crippen LogP contribution in [0.25, 0.3) is 11.3 Å². The second kappa shape index (κ2) is 6.24. The highest BCUT2D eigenvalue weighted by Crippen LogP contribution is 2.33. The van der Waals surface area contributed by atoms with Gasteiger partial charge in [0.25, 0.3) is 0 Å². The number of nitrogens with one attached hydrogen (secondary N) is 1. The number of halogens is 1. The highest BCUT2D eigenvalue weighted by Gasteiger charge is 2.21. The van der Waals surface area contributed by atoms with E-state index in [1.807, 2.05) is 31.5 Å². The van der Waals surface area contributed by atoms with Gasteiger partial charge in [-0.05, 0) is 38.8 Å². The molecule has 0 saturated carbocycles. The molecule has 0 spiro atoms. The second-order valence-corrected chi connectivity index (χ2v) is 5.38. The third-order valence-electron chi connectivity index (χ3n) is 3.51. The predicted molar refractivity (Wildman–Crippen MR) is 84.1 cm³/mol. The third-order valence-corrected chi connectivity index (χ3v) is 3.51. The minimum atomic E-state index is -0.454. The average Bonchev–Trinajstić information content (AvgIpc) is 2.76.